The zero-order chi connectivity index (χ0) is 14.7. The summed E-state index contributed by atoms with van der Waals surface area (Å²) in [7, 11) is 0. The van der Waals surface area contributed by atoms with Crippen LogP contribution in [0.2, 0.25) is 0 Å². The van der Waals surface area contributed by atoms with E-state index < -0.39 is 0 Å². The van der Waals surface area contributed by atoms with Crippen molar-refractivity contribution in [1.29, 1.82) is 0 Å². The van der Waals surface area contributed by atoms with Crippen LogP contribution >= 0.6 is 0 Å². The Labute approximate surface area is 120 Å². The molecule has 21 heavy (non-hydrogen) atoms. The summed E-state index contributed by atoms with van der Waals surface area (Å²) in [6, 6.07) is 11.7. The van der Waals surface area contributed by atoms with Gasteiger partial charge >= 0.3 is 0 Å². The van der Waals surface area contributed by atoms with E-state index in [1.54, 1.807) is 48.8 Å². The van der Waals surface area contributed by atoms with Crippen LogP contribution in [0.5, 0.6) is 5.75 Å². The van der Waals surface area contributed by atoms with E-state index in [0.717, 1.165) is 16.6 Å². The molecule has 0 aliphatic heterocycles. The van der Waals surface area contributed by atoms with Crippen molar-refractivity contribution < 1.29 is 9.90 Å². The number of aromatic amines is 1. The van der Waals surface area contributed by atoms with Crippen LogP contribution in [0.4, 0.5) is 0 Å². The number of hydrazone groups is 1. The minimum atomic E-state index is -0.304. The van der Waals surface area contributed by atoms with Crippen LogP contribution in [0, 0.1) is 0 Å². The number of phenols is 1. The molecule has 6 heteroatoms. The second-order valence-corrected chi connectivity index (χ2v) is 4.43. The number of nitrogens with zero attached hydrogens (tertiary/aromatic N) is 2. The molecule has 0 bridgehead atoms. The highest BCUT2D eigenvalue weighted by atomic mass is 16.3. The highest BCUT2D eigenvalue weighted by molar-refractivity contribution is 5.97. The van der Waals surface area contributed by atoms with E-state index in [1.807, 2.05) is 0 Å². The Hall–Kier alpha value is -3.15. The summed E-state index contributed by atoms with van der Waals surface area (Å²) in [5, 5.41) is 13.0. The summed E-state index contributed by atoms with van der Waals surface area (Å²) >= 11 is 0. The van der Waals surface area contributed by atoms with Crippen LogP contribution in [0.3, 0.4) is 0 Å². The summed E-state index contributed by atoms with van der Waals surface area (Å²) < 4.78 is 0. The molecule has 0 fully saturated rings. The van der Waals surface area contributed by atoms with Gasteiger partial charge in [-0.25, -0.2) is 10.4 Å². The van der Waals surface area contributed by atoms with Crippen LogP contribution in [0.25, 0.3) is 11.0 Å². The van der Waals surface area contributed by atoms with Gasteiger partial charge in [-0.3, -0.25) is 4.79 Å². The number of amides is 1. The molecule has 0 atom stereocenters. The van der Waals surface area contributed by atoms with E-state index in [-0.39, 0.29) is 11.7 Å². The van der Waals surface area contributed by atoms with Gasteiger partial charge in [0.2, 0.25) is 0 Å². The van der Waals surface area contributed by atoms with E-state index in [0.29, 0.717) is 5.56 Å². The predicted octanol–water partition coefficient (Wildman–Crippen LogP) is 2.03. The van der Waals surface area contributed by atoms with Crippen molar-refractivity contribution >= 4 is 23.2 Å². The molecule has 0 radical (unpaired) electrons. The number of rotatable bonds is 3. The standard InChI is InChI=1S/C15H12N4O2/c20-12-4-1-10(2-5-12)8-18-19-15(21)11-3-6-13-14(7-11)17-9-16-13/h1-9,20H,(H,16,17)(H,19,21). The highest BCUT2D eigenvalue weighted by Gasteiger charge is 2.05. The maximum absolute atomic E-state index is 12.0. The molecular formula is C15H12N4O2. The molecule has 0 aliphatic carbocycles. The molecule has 3 aromatic rings. The zero-order valence-corrected chi connectivity index (χ0v) is 10.9. The number of hydrogen-bond donors (Lipinski definition) is 3. The van der Waals surface area contributed by atoms with E-state index in [2.05, 4.69) is 20.5 Å². The van der Waals surface area contributed by atoms with Crippen molar-refractivity contribution in [2.24, 2.45) is 5.10 Å². The van der Waals surface area contributed by atoms with Gasteiger partial charge in [-0.05, 0) is 48.0 Å². The normalized spacial score (nSPS) is 11.0. The van der Waals surface area contributed by atoms with Gasteiger partial charge in [0.25, 0.3) is 5.91 Å². The fraction of sp³-hybridized carbons (Fsp3) is 0. The van der Waals surface area contributed by atoms with Crippen molar-refractivity contribution in [3.8, 4) is 5.75 Å². The van der Waals surface area contributed by atoms with Gasteiger partial charge in [-0.2, -0.15) is 5.10 Å². The molecule has 104 valence electrons. The van der Waals surface area contributed by atoms with Gasteiger partial charge in [0.05, 0.1) is 23.6 Å². The topological polar surface area (TPSA) is 90.4 Å². The molecule has 0 saturated heterocycles. The number of fused-ring (bicyclic) bond motifs is 1. The molecule has 3 rings (SSSR count). The molecule has 2 aromatic carbocycles. The summed E-state index contributed by atoms with van der Waals surface area (Å²) in [6.45, 7) is 0. The Morgan fingerprint density at radius 2 is 2.05 bits per heavy atom. The molecule has 3 N–H and O–H groups in total. The minimum absolute atomic E-state index is 0.184. The van der Waals surface area contributed by atoms with Gasteiger partial charge < -0.3 is 10.1 Å². The number of nitrogens with one attached hydrogen (secondary N) is 2. The Balaban J connectivity index is 1.69. The fourth-order valence-corrected chi connectivity index (χ4v) is 1.87. The summed E-state index contributed by atoms with van der Waals surface area (Å²) in [6.07, 6.45) is 3.08. The smallest absolute Gasteiger partial charge is 0.271 e. The third-order valence-corrected chi connectivity index (χ3v) is 2.96. The highest BCUT2D eigenvalue weighted by Crippen LogP contribution is 2.11. The number of H-pyrrole nitrogens is 1. The first-order chi connectivity index (χ1) is 10.2. The number of aromatic nitrogens is 2. The van der Waals surface area contributed by atoms with Crippen molar-refractivity contribution in [2.75, 3.05) is 0 Å². The van der Waals surface area contributed by atoms with Crippen molar-refractivity contribution in [3.63, 3.8) is 0 Å². The van der Waals surface area contributed by atoms with Crippen LogP contribution in [0.1, 0.15) is 15.9 Å². The summed E-state index contributed by atoms with van der Waals surface area (Å²) in [5.74, 6) is -0.120. The number of carbonyl (C=O) groups excluding carboxylic acids is 1. The quantitative estimate of drug-likeness (QED) is 0.506. The number of benzene rings is 2. The average Bonchev–Trinajstić information content (AvgIpc) is 2.96. The first-order valence-corrected chi connectivity index (χ1v) is 6.28. The minimum Gasteiger partial charge on any atom is -0.508 e. The number of phenolic OH excluding ortho intramolecular Hbond substituents is 1. The third kappa shape index (κ3) is 2.89. The van der Waals surface area contributed by atoms with E-state index >= 15 is 0 Å². The maximum Gasteiger partial charge on any atom is 0.271 e. The molecular weight excluding hydrogens is 268 g/mol. The molecule has 0 unspecified atom stereocenters. The van der Waals surface area contributed by atoms with E-state index in [4.69, 9.17) is 5.11 Å². The Kier molecular flexibility index (Phi) is 3.34. The first-order valence-electron chi connectivity index (χ1n) is 6.28. The fourth-order valence-electron chi connectivity index (χ4n) is 1.87. The van der Waals surface area contributed by atoms with Crippen molar-refractivity contribution in [3.05, 3.63) is 59.9 Å². The van der Waals surface area contributed by atoms with E-state index in [1.165, 1.54) is 6.21 Å². The van der Waals surface area contributed by atoms with Crippen molar-refractivity contribution in [2.45, 2.75) is 0 Å². The second-order valence-electron chi connectivity index (χ2n) is 4.43. The largest absolute Gasteiger partial charge is 0.508 e. The molecule has 0 saturated carbocycles. The van der Waals surface area contributed by atoms with Gasteiger partial charge in [-0.1, -0.05) is 0 Å². The number of aromatic hydroxyl groups is 1. The first kappa shape index (κ1) is 12.9. The Bertz CT molecular complexity index is 806. The molecule has 6 nitrogen and oxygen atoms in total. The zero-order valence-electron chi connectivity index (χ0n) is 10.9. The lowest BCUT2D eigenvalue weighted by Gasteiger charge is -2.00. The van der Waals surface area contributed by atoms with Crippen LogP contribution < -0.4 is 5.43 Å². The lowest BCUT2D eigenvalue weighted by Crippen LogP contribution is -2.17. The van der Waals surface area contributed by atoms with Crippen LogP contribution in [0.15, 0.2) is 53.9 Å². The lowest BCUT2D eigenvalue weighted by atomic mass is 10.2. The van der Waals surface area contributed by atoms with Crippen LogP contribution in [-0.4, -0.2) is 27.2 Å². The lowest BCUT2D eigenvalue weighted by molar-refractivity contribution is 0.0955. The number of imidazole rings is 1. The predicted molar refractivity (Wildman–Crippen MR) is 79.3 cm³/mol. The monoisotopic (exact) mass is 280 g/mol. The van der Waals surface area contributed by atoms with Gasteiger partial charge in [-0.15, -0.1) is 0 Å². The van der Waals surface area contributed by atoms with Gasteiger partial charge in [0.15, 0.2) is 0 Å². The Morgan fingerprint density at radius 3 is 2.86 bits per heavy atom. The SMILES string of the molecule is O=C(NN=Cc1ccc(O)cc1)c1ccc2nc[nH]c2c1. The maximum atomic E-state index is 12.0. The van der Waals surface area contributed by atoms with Gasteiger partial charge in [0, 0.05) is 5.56 Å². The molecule has 1 aromatic heterocycles. The Morgan fingerprint density at radius 1 is 1.24 bits per heavy atom. The third-order valence-electron chi connectivity index (χ3n) is 2.96. The van der Waals surface area contributed by atoms with E-state index in [9.17, 15) is 4.79 Å². The molecule has 1 amide bonds. The van der Waals surface area contributed by atoms with Crippen molar-refractivity contribution in [1.82, 2.24) is 15.4 Å². The average molecular weight is 280 g/mol. The number of hydrogen-bond acceptors (Lipinski definition) is 4. The summed E-state index contributed by atoms with van der Waals surface area (Å²) in [5.41, 5.74) is 5.32. The molecule has 0 aliphatic rings. The van der Waals surface area contributed by atoms with Crippen LogP contribution in [-0.2, 0) is 0 Å². The molecule has 1 heterocycles. The summed E-state index contributed by atoms with van der Waals surface area (Å²) in [4.78, 5) is 19.0. The second kappa shape index (κ2) is 5.46. The molecule has 0 spiro atoms. The van der Waals surface area contributed by atoms with Gasteiger partial charge in [0.1, 0.15) is 5.75 Å². The number of carbonyl (C=O) groups is 1.